The number of benzene rings is 2. The van der Waals surface area contributed by atoms with Gasteiger partial charge in [-0.1, -0.05) is 30.0 Å². The van der Waals surface area contributed by atoms with Crippen LogP contribution >= 0.6 is 0 Å². The summed E-state index contributed by atoms with van der Waals surface area (Å²) < 4.78 is 10.3. The first kappa shape index (κ1) is 31.5. The Balaban J connectivity index is 1.25. The lowest BCUT2D eigenvalue weighted by molar-refractivity contribution is -0.135. The minimum absolute atomic E-state index is 0.0810. The number of hydrogen-bond acceptors (Lipinski definition) is 10. The molecule has 1 aliphatic heterocycles. The second-order valence-electron chi connectivity index (χ2n) is 11.8. The number of hydrogen-bond donors (Lipinski definition) is 2. The van der Waals surface area contributed by atoms with Crippen molar-refractivity contribution in [2.75, 3.05) is 32.0 Å². The van der Waals surface area contributed by atoms with E-state index in [0.29, 0.717) is 90.1 Å². The number of anilines is 1. The summed E-state index contributed by atoms with van der Waals surface area (Å²) in [5.41, 5.74) is 9.53. The van der Waals surface area contributed by atoms with Crippen LogP contribution in [0.3, 0.4) is 0 Å². The van der Waals surface area contributed by atoms with E-state index in [0.717, 1.165) is 5.56 Å². The number of morpholine rings is 1. The fourth-order valence-electron chi connectivity index (χ4n) is 6.02. The van der Waals surface area contributed by atoms with E-state index >= 15 is 0 Å². The number of carbonyl (C=O) groups excluding carboxylic acids is 1. The maximum atomic E-state index is 14.4. The predicted octanol–water partition coefficient (Wildman–Crippen LogP) is 2.70. The second kappa shape index (κ2) is 13.6. The van der Waals surface area contributed by atoms with E-state index in [4.69, 9.17) is 20.6 Å². The number of fused-ring (bicyclic) bond motifs is 2. The zero-order valence-corrected chi connectivity index (χ0v) is 26.9. The van der Waals surface area contributed by atoms with Crippen molar-refractivity contribution in [3.05, 3.63) is 88.5 Å². The number of phenols is 1. The molecule has 5 heterocycles. The van der Waals surface area contributed by atoms with Crippen LogP contribution in [0.4, 0.5) is 5.82 Å². The second-order valence-corrected chi connectivity index (χ2v) is 11.8. The molecule has 1 fully saturated rings. The number of rotatable bonds is 8. The number of nitrogens with two attached hydrogens (primary N) is 1. The Kier molecular flexibility index (Phi) is 8.73. The summed E-state index contributed by atoms with van der Waals surface area (Å²) in [5, 5.41) is 20.2. The van der Waals surface area contributed by atoms with Crippen LogP contribution in [0, 0.1) is 11.8 Å². The van der Waals surface area contributed by atoms with Crippen molar-refractivity contribution in [1.29, 1.82) is 0 Å². The Morgan fingerprint density at radius 1 is 1.08 bits per heavy atom. The zero-order valence-electron chi connectivity index (χ0n) is 26.9. The topological polar surface area (TPSA) is 172 Å². The molecule has 0 radical (unpaired) electrons. The minimum atomic E-state index is -0.255. The lowest BCUT2D eigenvalue weighted by atomic mass is 10.1. The third-order valence-corrected chi connectivity index (χ3v) is 8.41. The average molecular weight is 659 g/mol. The van der Waals surface area contributed by atoms with E-state index in [1.165, 1.54) is 6.33 Å². The zero-order chi connectivity index (χ0) is 33.9. The summed E-state index contributed by atoms with van der Waals surface area (Å²) in [7, 11) is 1.82. The van der Waals surface area contributed by atoms with Gasteiger partial charge >= 0.3 is 0 Å². The Morgan fingerprint density at radius 3 is 2.71 bits per heavy atom. The van der Waals surface area contributed by atoms with Gasteiger partial charge in [0, 0.05) is 55.9 Å². The largest absolute Gasteiger partial charge is 0.508 e. The molecule has 7 rings (SSSR count). The Bertz CT molecular complexity index is 2310. The van der Waals surface area contributed by atoms with Crippen molar-refractivity contribution >= 4 is 33.7 Å². The molecule has 0 unspecified atom stereocenters. The van der Waals surface area contributed by atoms with Gasteiger partial charge in [-0.2, -0.15) is 10.2 Å². The van der Waals surface area contributed by atoms with E-state index in [-0.39, 0.29) is 36.1 Å². The monoisotopic (exact) mass is 658 g/mol. The number of ether oxygens (including phenoxy) is 1. The Morgan fingerprint density at radius 2 is 1.92 bits per heavy atom. The lowest BCUT2D eigenvalue weighted by Gasteiger charge is -2.26. The first-order valence-electron chi connectivity index (χ1n) is 16.0. The first-order chi connectivity index (χ1) is 23.9. The van der Waals surface area contributed by atoms with Crippen LogP contribution in [0.2, 0.25) is 0 Å². The van der Waals surface area contributed by atoms with Crippen molar-refractivity contribution in [1.82, 2.24) is 44.0 Å². The van der Waals surface area contributed by atoms with Gasteiger partial charge in [-0.05, 0) is 30.7 Å². The third kappa shape index (κ3) is 6.56. The van der Waals surface area contributed by atoms with E-state index < -0.39 is 0 Å². The summed E-state index contributed by atoms with van der Waals surface area (Å²) in [6, 6.07) is 12.1. The molecule has 2 aromatic carbocycles. The molecule has 1 amide bonds. The van der Waals surface area contributed by atoms with E-state index in [2.05, 4.69) is 26.9 Å². The molecule has 0 bridgehead atoms. The van der Waals surface area contributed by atoms with Gasteiger partial charge in [0.05, 0.1) is 42.2 Å². The van der Waals surface area contributed by atoms with Crippen LogP contribution in [0.5, 0.6) is 5.75 Å². The van der Waals surface area contributed by atoms with Gasteiger partial charge in [-0.15, -0.1) is 0 Å². The molecule has 0 saturated carbocycles. The van der Waals surface area contributed by atoms with Gasteiger partial charge in [0.2, 0.25) is 5.91 Å². The molecule has 0 aliphatic carbocycles. The molecule has 6 aromatic rings. The van der Waals surface area contributed by atoms with Gasteiger partial charge in [-0.25, -0.2) is 19.6 Å². The van der Waals surface area contributed by atoms with Gasteiger partial charge in [0.25, 0.3) is 5.56 Å². The van der Waals surface area contributed by atoms with Crippen molar-refractivity contribution in [3.63, 3.8) is 0 Å². The van der Waals surface area contributed by atoms with Gasteiger partial charge < -0.3 is 20.5 Å². The van der Waals surface area contributed by atoms with E-state index in [9.17, 15) is 14.7 Å². The van der Waals surface area contributed by atoms with Crippen molar-refractivity contribution in [3.8, 4) is 28.8 Å². The van der Waals surface area contributed by atoms with Crippen LogP contribution < -0.4 is 11.3 Å². The molecule has 14 heteroatoms. The predicted molar refractivity (Wildman–Crippen MR) is 182 cm³/mol. The number of nitrogen functional groups attached to an aromatic ring is 1. The first-order valence-corrected chi connectivity index (χ1v) is 16.0. The van der Waals surface area contributed by atoms with Crippen LogP contribution in [0.25, 0.3) is 33.2 Å². The molecule has 1 saturated heterocycles. The van der Waals surface area contributed by atoms with Gasteiger partial charge in [0.1, 0.15) is 36.0 Å². The summed E-state index contributed by atoms with van der Waals surface area (Å²) in [6.07, 6.45) is 6.48. The smallest absolute Gasteiger partial charge is 0.263 e. The summed E-state index contributed by atoms with van der Waals surface area (Å²) in [5.74, 6) is 7.20. The fraction of sp³-hybridized carbons (Fsp3) is 0.286. The Labute approximate surface area is 280 Å². The number of unbranched alkanes of at least 4 members (excludes halogenated alkanes) is 1. The molecule has 49 heavy (non-hydrogen) atoms. The summed E-state index contributed by atoms with van der Waals surface area (Å²) >= 11 is 0. The van der Waals surface area contributed by atoms with Crippen molar-refractivity contribution < 1.29 is 14.6 Å². The highest BCUT2D eigenvalue weighted by molar-refractivity contribution is 5.98. The van der Waals surface area contributed by atoms with E-state index in [1.807, 2.05) is 36.3 Å². The number of aromatic nitrogens is 8. The van der Waals surface area contributed by atoms with Gasteiger partial charge in [-0.3, -0.25) is 18.8 Å². The van der Waals surface area contributed by atoms with Gasteiger partial charge in [0.15, 0.2) is 5.65 Å². The Hall–Kier alpha value is -6.07. The van der Waals surface area contributed by atoms with E-state index in [1.54, 1.807) is 44.4 Å². The maximum Gasteiger partial charge on any atom is 0.263 e. The number of nitrogens with zero attached hydrogens (tertiary/aromatic N) is 9. The molecule has 14 nitrogen and oxygen atoms in total. The number of carbonyl (C=O) groups is 1. The molecule has 0 atom stereocenters. The number of aryl methyl sites for hydroxylation is 1. The van der Waals surface area contributed by atoms with Crippen LogP contribution in [-0.2, 0) is 29.7 Å². The highest BCUT2D eigenvalue weighted by atomic mass is 16.5. The highest BCUT2D eigenvalue weighted by Gasteiger charge is 2.21. The number of phenolic OH excluding ortho intramolecular Hbond substituents is 1. The summed E-state index contributed by atoms with van der Waals surface area (Å²) in [4.78, 5) is 42.3. The van der Waals surface area contributed by atoms with Crippen molar-refractivity contribution in [2.45, 2.75) is 32.4 Å². The third-order valence-electron chi connectivity index (χ3n) is 8.41. The van der Waals surface area contributed by atoms with Crippen LogP contribution in [-0.4, -0.2) is 81.3 Å². The maximum absolute atomic E-state index is 14.4. The molecular weight excluding hydrogens is 624 g/mol. The highest BCUT2D eigenvalue weighted by Crippen LogP contribution is 2.32. The average Bonchev–Trinajstić information content (AvgIpc) is 3.70. The van der Waals surface area contributed by atoms with Crippen LogP contribution in [0.1, 0.15) is 36.2 Å². The molecule has 4 aromatic heterocycles. The normalized spacial score (nSPS) is 13.1. The molecule has 3 N–H and O–H groups in total. The number of aromatic hydroxyl groups is 1. The van der Waals surface area contributed by atoms with Crippen LogP contribution in [0.15, 0.2) is 66.0 Å². The minimum Gasteiger partial charge on any atom is -0.508 e. The number of amides is 1. The molecular formula is C35H34N10O4. The summed E-state index contributed by atoms with van der Waals surface area (Å²) in [6.45, 7) is 2.69. The lowest BCUT2D eigenvalue weighted by Crippen LogP contribution is -2.40. The molecule has 0 spiro atoms. The van der Waals surface area contributed by atoms with Crippen molar-refractivity contribution in [2.24, 2.45) is 7.05 Å². The quantitative estimate of drug-likeness (QED) is 0.183. The fourth-order valence-corrected chi connectivity index (χ4v) is 6.02. The molecule has 248 valence electrons. The molecule has 1 aliphatic rings. The SMILES string of the molecule is Cn1cc(Cn2c(Cn3nc(-c4cccc(O)c4)c4c(N)ncnc43)nc3cccc(C#CCCCC(=O)N4CCOCC4)c3c2=O)cn1. The standard InChI is InChI=1S/C35H34N10O4/c1-42-19-23(18-39-42)20-44-28(21-45-34-31(33(36)37-22-38-34)32(41-45)25-9-5-10-26(46)17-25)40-27-11-6-8-24(30(27)35(44)48)7-3-2-4-12-29(47)43-13-15-49-16-14-43/h5-6,8-11,17-19,22,46H,2,4,12-16,20-21H2,1H3,(H2,36,37,38).